The molecule has 0 saturated heterocycles. The van der Waals surface area contributed by atoms with Gasteiger partial charge in [0.05, 0.1) is 12.7 Å². The molecule has 0 aliphatic heterocycles. The van der Waals surface area contributed by atoms with Crippen LogP contribution in [0.2, 0.25) is 0 Å². The van der Waals surface area contributed by atoms with E-state index in [1.54, 1.807) is 30.5 Å². The summed E-state index contributed by atoms with van der Waals surface area (Å²) in [6.07, 6.45) is 1.62. The minimum Gasteiger partial charge on any atom is -0.496 e. The Hall–Kier alpha value is -1.40. The Morgan fingerprint density at radius 2 is 1.95 bits per heavy atom. The Morgan fingerprint density at radius 3 is 2.58 bits per heavy atom. The first-order chi connectivity index (χ1) is 9.10. The first-order valence-electron chi connectivity index (χ1n) is 5.36. The van der Waals surface area contributed by atoms with E-state index in [-0.39, 0.29) is 5.91 Å². The molecule has 1 heterocycles. The van der Waals surface area contributed by atoms with Gasteiger partial charge in [-0.3, -0.25) is 4.79 Å². The van der Waals surface area contributed by atoms with Crippen molar-refractivity contribution in [3.63, 3.8) is 0 Å². The molecule has 2 aromatic rings. The van der Waals surface area contributed by atoms with Gasteiger partial charge in [-0.25, -0.2) is 4.98 Å². The molecule has 0 bridgehead atoms. The number of amides is 1. The Balaban J connectivity index is 2.24. The van der Waals surface area contributed by atoms with Crippen LogP contribution < -0.4 is 10.1 Å². The molecule has 1 amide bonds. The van der Waals surface area contributed by atoms with E-state index in [4.69, 9.17) is 4.74 Å². The summed E-state index contributed by atoms with van der Waals surface area (Å²) < 4.78 is 6.83. The maximum Gasteiger partial charge on any atom is 0.260 e. The highest BCUT2D eigenvalue weighted by atomic mass is 79.9. The lowest BCUT2D eigenvalue weighted by molar-refractivity contribution is 0.102. The average molecular weight is 386 g/mol. The van der Waals surface area contributed by atoms with E-state index >= 15 is 0 Å². The highest BCUT2D eigenvalue weighted by Crippen LogP contribution is 2.23. The molecule has 1 aromatic carbocycles. The second kappa shape index (κ2) is 6.16. The van der Waals surface area contributed by atoms with Gasteiger partial charge in [0.1, 0.15) is 11.6 Å². The Bertz CT molecular complexity index is 600. The zero-order valence-electron chi connectivity index (χ0n) is 9.98. The van der Waals surface area contributed by atoms with Crippen molar-refractivity contribution < 1.29 is 9.53 Å². The lowest BCUT2D eigenvalue weighted by atomic mass is 10.2. The molecule has 1 aromatic heterocycles. The molecular weight excluding hydrogens is 376 g/mol. The molecule has 0 unspecified atom stereocenters. The van der Waals surface area contributed by atoms with Gasteiger partial charge in [0.15, 0.2) is 0 Å². The summed E-state index contributed by atoms with van der Waals surface area (Å²) in [6.45, 7) is 0. The Labute approximate surface area is 127 Å². The van der Waals surface area contributed by atoms with Crippen molar-refractivity contribution in [2.75, 3.05) is 12.4 Å². The van der Waals surface area contributed by atoms with E-state index in [2.05, 4.69) is 42.2 Å². The molecular formula is C13H10Br2N2O2. The second-order valence-corrected chi connectivity index (χ2v) is 5.49. The van der Waals surface area contributed by atoms with Crippen molar-refractivity contribution in [2.45, 2.75) is 0 Å². The fourth-order valence-electron chi connectivity index (χ4n) is 1.49. The van der Waals surface area contributed by atoms with Crippen LogP contribution in [0.3, 0.4) is 0 Å². The van der Waals surface area contributed by atoms with Gasteiger partial charge in [-0.15, -0.1) is 0 Å². The molecule has 0 spiro atoms. The fourth-order valence-corrected chi connectivity index (χ4v) is 2.09. The minimum atomic E-state index is -0.270. The summed E-state index contributed by atoms with van der Waals surface area (Å²) in [4.78, 5) is 16.3. The summed E-state index contributed by atoms with van der Waals surface area (Å²) in [5, 5.41) is 2.72. The van der Waals surface area contributed by atoms with Crippen LogP contribution in [0.15, 0.2) is 45.5 Å². The number of methoxy groups -OCH3 is 1. The van der Waals surface area contributed by atoms with Crippen LogP contribution in [-0.4, -0.2) is 18.0 Å². The number of halogens is 2. The zero-order valence-corrected chi connectivity index (χ0v) is 13.2. The lowest BCUT2D eigenvalue weighted by Crippen LogP contribution is -2.14. The molecule has 0 atom stereocenters. The number of pyridine rings is 1. The molecule has 0 aliphatic rings. The van der Waals surface area contributed by atoms with E-state index in [1.165, 1.54) is 7.11 Å². The first-order valence-corrected chi connectivity index (χ1v) is 6.95. The van der Waals surface area contributed by atoms with Gasteiger partial charge in [0, 0.05) is 15.1 Å². The average Bonchev–Trinajstić information content (AvgIpc) is 2.41. The molecule has 0 saturated carbocycles. The van der Waals surface area contributed by atoms with Crippen molar-refractivity contribution in [1.29, 1.82) is 0 Å². The van der Waals surface area contributed by atoms with Gasteiger partial charge in [-0.1, -0.05) is 15.9 Å². The normalized spacial score (nSPS) is 10.1. The van der Waals surface area contributed by atoms with Crippen molar-refractivity contribution in [3.8, 4) is 5.75 Å². The van der Waals surface area contributed by atoms with Gasteiger partial charge in [0.25, 0.3) is 5.91 Å². The van der Waals surface area contributed by atoms with Gasteiger partial charge < -0.3 is 10.1 Å². The summed E-state index contributed by atoms with van der Waals surface area (Å²) in [5.41, 5.74) is 0.446. The number of carbonyl (C=O) groups is 1. The summed E-state index contributed by atoms with van der Waals surface area (Å²) in [7, 11) is 1.53. The number of hydrogen-bond donors (Lipinski definition) is 1. The van der Waals surface area contributed by atoms with Crippen LogP contribution in [-0.2, 0) is 0 Å². The number of carbonyl (C=O) groups excluding carboxylic acids is 1. The molecule has 0 aliphatic carbocycles. The van der Waals surface area contributed by atoms with Crippen molar-refractivity contribution >= 4 is 43.6 Å². The zero-order chi connectivity index (χ0) is 13.8. The van der Waals surface area contributed by atoms with Crippen LogP contribution in [0.4, 0.5) is 5.82 Å². The monoisotopic (exact) mass is 384 g/mol. The van der Waals surface area contributed by atoms with E-state index in [0.717, 1.165) is 8.95 Å². The lowest BCUT2D eigenvalue weighted by Gasteiger charge is -2.09. The maximum absolute atomic E-state index is 12.2. The van der Waals surface area contributed by atoms with Crippen LogP contribution in [0.5, 0.6) is 5.75 Å². The van der Waals surface area contributed by atoms with E-state index in [0.29, 0.717) is 17.1 Å². The topological polar surface area (TPSA) is 51.2 Å². The summed E-state index contributed by atoms with van der Waals surface area (Å²) >= 11 is 6.62. The highest BCUT2D eigenvalue weighted by molar-refractivity contribution is 9.10. The van der Waals surface area contributed by atoms with Gasteiger partial charge >= 0.3 is 0 Å². The second-order valence-electron chi connectivity index (χ2n) is 3.66. The van der Waals surface area contributed by atoms with Crippen LogP contribution >= 0.6 is 31.9 Å². The van der Waals surface area contributed by atoms with Crippen molar-refractivity contribution in [1.82, 2.24) is 4.98 Å². The third-order valence-corrected chi connectivity index (χ3v) is 3.34. The molecule has 98 valence electrons. The van der Waals surface area contributed by atoms with E-state index in [1.807, 2.05) is 6.07 Å². The Morgan fingerprint density at radius 1 is 1.21 bits per heavy atom. The maximum atomic E-state index is 12.2. The summed E-state index contributed by atoms with van der Waals surface area (Å²) in [5.74, 6) is 0.723. The van der Waals surface area contributed by atoms with Gasteiger partial charge in [-0.2, -0.15) is 0 Å². The first kappa shape index (κ1) is 14.0. The Kier molecular flexibility index (Phi) is 4.55. The number of benzene rings is 1. The molecule has 0 fully saturated rings. The number of ether oxygens (including phenoxy) is 1. The summed E-state index contributed by atoms with van der Waals surface area (Å²) in [6, 6.07) is 8.77. The molecule has 1 N–H and O–H groups in total. The number of nitrogens with zero attached hydrogens (tertiary/aromatic N) is 1. The number of aromatic nitrogens is 1. The number of nitrogens with one attached hydrogen (secondary N) is 1. The van der Waals surface area contributed by atoms with Crippen molar-refractivity contribution in [2.24, 2.45) is 0 Å². The smallest absolute Gasteiger partial charge is 0.260 e. The number of anilines is 1. The predicted molar refractivity (Wildman–Crippen MR) is 80.6 cm³/mol. The number of rotatable bonds is 3. The predicted octanol–water partition coefficient (Wildman–Crippen LogP) is 3.87. The minimum absolute atomic E-state index is 0.270. The van der Waals surface area contributed by atoms with E-state index < -0.39 is 0 Å². The largest absolute Gasteiger partial charge is 0.496 e. The molecule has 6 heteroatoms. The van der Waals surface area contributed by atoms with Crippen LogP contribution in [0.1, 0.15) is 10.4 Å². The molecule has 0 radical (unpaired) electrons. The van der Waals surface area contributed by atoms with Crippen LogP contribution in [0.25, 0.3) is 0 Å². The van der Waals surface area contributed by atoms with Gasteiger partial charge in [-0.05, 0) is 46.3 Å². The SMILES string of the molecule is COc1ccc(Br)cc1C(=O)Nc1ccc(Br)cn1. The van der Waals surface area contributed by atoms with E-state index in [9.17, 15) is 4.79 Å². The van der Waals surface area contributed by atoms with Crippen LogP contribution in [0, 0.1) is 0 Å². The highest BCUT2D eigenvalue weighted by Gasteiger charge is 2.13. The quantitative estimate of drug-likeness (QED) is 0.872. The third kappa shape index (κ3) is 3.54. The molecule has 19 heavy (non-hydrogen) atoms. The fraction of sp³-hybridized carbons (Fsp3) is 0.0769. The van der Waals surface area contributed by atoms with Gasteiger partial charge in [0.2, 0.25) is 0 Å². The van der Waals surface area contributed by atoms with Crippen molar-refractivity contribution in [3.05, 3.63) is 51.0 Å². The molecule has 4 nitrogen and oxygen atoms in total. The number of hydrogen-bond acceptors (Lipinski definition) is 3. The molecule has 2 rings (SSSR count). The third-order valence-electron chi connectivity index (χ3n) is 2.38. The standard InChI is InChI=1S/C13H10Br2N2O2/c1-19-11-4-2-8(14)6-10(11)13(18)17-12-5-3-9(15)7-16-12/h2-7H,1H3,(H,16,17,18).